The predicted molar refractivity (Wildman–Crippen MR) is 76.0 cm³/mol. The molecule has 1 fully saturated rings. The van der Waals surface area contributed by atoms with E-state index < -0.39 is 0 Å². The Labute approximate surface area is 111 Å². The van der Waals surface area contributed by atoms with Crippen molar-refractivity contribution in [3.05, 3.63) is 29.3 Å². The molecule has 2 nitrogen and oxygen atoms in total. The highest BCUT2D eigenvalue weighted by molar-refractivity contribution is 5.35. The Kier molecular flexibility index (Phi) is 4.28. The van der Waals surface area contributed by atoms with Gasteiger partial charge >= 0.3 is 0 Å². The zero-order valence-corrected chi connectivity index (χ0v) is 11.7. The lowest BCUT2D eigenvalue weighted by atomic mass is 9.80. The van der Waals surface area contributed by atoms with Gasteiger partial charge in [-0.05, 0) is 44.7 Å². The van der Waals surface area contributed by atoms with Gasteiger partial charge in [-0.1, -0.05) is 37.0 Å². The van der Waals surface area contributed by atoms with Crippen LogP contribution in [0.3, 0.4) is 0 Å². The minimum Gasteiger partial charge on any atom is -0.493 e. The first kappa shape index (κ1) is 13.4. The first-order valence-corrected chi connectivity index (χ1v) is 7.08. The Morgan fingerprint density at radius 1 is 1.17 bits per heavy atom. The third-order valence-corrected chi connectivity index (χ3v) is 4.04. The molecule has 0 aromatic heterocycles. The number of ether oxygens (including phenoxy) is 1. The summed E-state index contributed by atoms with van der Waals surface area (Å²) in [5.74, 6) is 1.00. The number of rotatable bonds is 4. The lowest BCUT2D eigenvalue weighted by molar-refractivity contribution is 0.214. The lowest BCUT2D eigenvalue weighted by Crippen LogP contribution is -2.42. The molecule has 1 saturated carbocycles. The van der Waals surface area contributed by atoms with Crippen LogP contribution >= 0.6 is 0 Å². The maximum absolute atomic E-state index is 6.41. The summed E-state index contributed by atoms with van der Waals surface area (Å²) in [6.45, 7) is 4.94. The van der Waals surface area contributed by atoms with Crippen molar-refractivity contribution in [1.82, 2.24) is 0 Å². The Hall–Kier alpha value is -1.02. The SMILES string of the molecule is Cc1ccc(OCCC2(N)CCCCC2)c(C)c1. The summed E-state index contributed by atoms with van der Waals surface area (Å²) in [5, 5.41) is 0. The van der Waals surface area contributed by atoms with Crippen LogP contribution < -0.4 is 10.5 Å². The van der Waals surface area contributed by atoms with Gasteiger partial charge in [0.2, 0.25) is 0 Å². The summed E-state index contributed by atoms with van der Waals surface area (Å²) in [6, 6.07) is 6.32. The maximum atomic E-state index is 6.41. The Morgan fingerprint density at radius 2 is 1.89 bits per heavy atom. The first-order chi connectivity index (χ1) is 8.59. The second kappa shape index (κ2) is 5.75. The van der Waals surface area contributed by atoms with Gasteiger partial charge in [0.15, 0.2) is 0 Å². The fourth-order valence-corrected chi connectivity index (χ4v) is 2.83. The molecule has 100 valence electrons. The first-order valence-electron chi connectivity index (χ1n) is 7.08. The highest BCUT2D eigenvalue weighted by atomic mass is 16.5. The van der Waals surface area contributed by atoms with E-state index in [1.165, 1.54) is 30.4 Å². The predicted octanol–water partition coefficient (Wildman–Crippen LogP) is 3.73. The van der Waals surface area contributed by atoms with Crippen molar-refractivity contribution in [1.29, 1.82) is 0 Å². The van der Waals surface area contributed by atoms with Crippen LogP contribution in [0.25, 0.3) is 0 Å². The van der Waals surface area contributed by atoms with Gasteiger partial charge in [0.25, 0.3) is 0 Å². The van der Waals surface area contributed by atoms with Crippen molar-refractivity contribution < 1.29 is 4.74 Å². The van der Waals surface area contributed by atoms with E-state index in [1.807, 2.05) is 0 Å². The highest BCUT2D eigenvalue weighted by Gasteiger charge is 2.26. The van der Waals surface area contributed by atoms with Crippen molar-refractivity contribution in [3.8, 4) is 5.75 Å². The van der Waals surface area contributed by atoms with Gasteiger partial charge in [-0.25, -0.2) is 0 Å². The molecule has 0 atom stereocenters. The number of hydrogen-bond donors (Lipinski definition) is 1. The smallest absolute Gasteiger partial charge is 0.122 e. The molecule has 0 bridgehead atoms. The van der Waals surface area contributed by atoms with Crippen LogP contribution in [-0.2, 0) is 0 Å². The van der Waals surface area contributed by atoms with Gasteiger partial charge in [-0.15, -0.1) is 0 Å². The standard InChI is InChI=1S/C16H25NO/c1-13-6-7-15(14(2)12-13)18-11-10-16(17)8-4-3-5-9-16/h6-7,12H,3-5,8-11,17H2,1-2H3. The van der Waals surface area contributed by atoms with Gasteiger partial charge in [0.1, 0.15) is 5.75 Å². The number of benzene rings is 1. The van der Waals surface area contributed by atoms with Crippen molar-refractivity contribution in [2.75, 3.05) is 6.61 Å². The van der Waals surface area contributed by atoms with Crippen LogP contribution in [0, 0.1) is 13.8 Å². The monoisotopic (exact) mass is 247 g/mol. The van der Waals surface area contributed by atoms with Gasteiger partial charge in [-0.3, -0.25) is 0 Å². The third kappa shape index (κ3) is 3.49. The minimum atomic E-state index is 0.0247. The van der Waals surface area contributed by atoms with Gasteiger partial charge in [0.05, 0.1) is 6.61 Å². The van der Waals surface area contributed by atoms with Crippen LogP contribution in [0.5, 0.6) is 5.75 Å². The van der Waals surface area contributed by atoms with Crippen molar-refractivity contribution >= 4 is 0 Å². The average Bonchev–Trinajstić information content (AvgIpc) is 2.33. The summed E-state index contributed by atoms with van der Waals surface area (Å²) < 4.78 is 5.88. The van der Waals surface area contributed by atoms with Crippen molar-refractivity contribution in [2.45, 2.75) is 57.9 Å². The number of nitrogens with two attached hydrogens (primary N) is 1. The van der Waals surface area contributed by atoms with Crippen LogP contribution in [0.15, 0.2) is 18.2 Å². The minimum absolute atomic E-state index is 0.0247. The molecule has 18 heavy (non-hydrogen) atoms. The van der Waals surface area contributed by atoms with Crippen LogP contribution in [-0.4, -0.2) is 12.1 Å². The van der Waals surface area contributed by atoms with E-state index in [0.717, 1.165) is 31.6 Å². The largest absolute Gasteiger partial charge is 0.493 e. The molecule has 0 aliphatic heterocycles. The second-order valence-electron chi connectivity index (χ2n) is 5.79. The zero-order valence-electron chi connectivity index (χ0n) is 11.7. The normalized spacial score (nSPS) is 18.6. The van der Waals surface area contributed by atoms with Crippen LogP contribution in [0.4, 0.5) is 0 Å². The van der Waals surface area contributed by atoms with Gasteiger partial charge in [-0.2, -0.15) is 0 Å². The molecule has 1 aromatic rings. The molecule has 1 aliphatic carbocycles. The topological polar surface area (TPSA) is 35.2 Å². The molecule has 0 heterocycles. The summed E-state index contributed by atoms with van der Waals surface area (Å²) in [6.07, 6.45) is 7.18. The van der Waals surface area contributed by atoms with E-state index >= 15 is 0 Å². The molecular weight excluding hydrogens is 222 g/mol. The van der Waals surface area contributed by atoms with Gasteiger partial charge < -0.3 is 10.5 Å². The molecule has 2 N–H and O–H groups in total. The number of aryl methyl sites for hydroxylation is 2. The Bertz CT molecular complexity index is 394. The number of hydrogen-bond acceptors (Lipinski definition) is 2. The summed E-state index contributed by atoms with van der Waals surface area (Å²) in [4.78, 5) is 0. The van der Waals surface area contributed by atoms with E-state index in [1.54, 1.807) is 0 Å². The van der Waals surface area contributed by atoms with Gasteiger partial charge in [0, 0.05) is 5.54 Å². The second-order valence-corrected chi connectivity index (χ2v) is 5.79. The molecule has 0 unspecified atom stereocenters. The molecule has 2 heteroatoms. The fourth-order valence-electron chi connectivity index (χ4n) is 2.83. The van der Waals surface area contributed by atoms with E-state index in [2.05, 4.69) is 32.0 Å². The highest BCUT2D eigenvalue weighted by Crippen LogP contribution is 2.29. The molecule has 0 radical (unpaired) electrons. The Morgan fingerprint density at radius 3 is 2.56 bits per heavy atom. The van der Waals surface area contributed by atoms with Crippen molar-refractivity contribution in [3.63, 3.8) is 0 Å². The fraction of sp³-hybridized carbons (Fsp3) is 0.625. The van der Waals surface area contributed by atoms with Crippen LogP contribution in [0.2, 0.25) is 0 Å². The average molecular weight is 247 g/mol. The van der Waals surface area contributed by atoms with E-state index in [0.29, 0.717) is 0 Å². The maximum Gasteiger partial charge on any atom is 0.122 e. The Balaban J connectivity index is 1.84. The van der Waals surface area contributed by atoms with Crippen LogP contribution in [0.1, 0.15) is 49.7 Å². The van der Waals surface area contributed by atoms with E-state index in [9.17, 15) is 0 Å². The lowest BCUT2D eigenvalue weighted by Gasteiger charge is -2.33. The van der Waals surface area contributed by atoms with E-state index in [-0.39, 0.29) is 5.54 Å². The molecule has 2 rings (SSSR count). The molecule has 0 amide bonds. The van der Waals surface area contributed by atoms with E-state index in [4.69, 9.17) is 10.5 Å². The summed E-state index contributed by atoms with van der Waals surface area (Å²) in [5.41, 5.74) is 8.92. The zero-order chi connectivity index (χ0) is 13.0. The third-order valence-electron chi connectivity index (χ3n) is 4.04. The molecular formula is C16H25NO. The summed E-state index contributed by atoms with van der Waals surface area (Å²) in [7, 11) is 0. The molecule has 0 spiro atoms. The quantitative estimate of drug-likeness (QED) is 0.879. The summed E-state index contributed by atoms with van der Waals surface area (Å²) >= 11 is 0. The molecule has 1 aliphatic rings. The molecule has 1 aromatic carbocycles. The molecule has 0 saturated heterocycles. The van der Waals surface area contributed by atoms with Crippen molar-refractivity contribution in [2.24, 2.45) is 5.73 Å².